The van der Waals surface area contributed by atoms with Crippen molar-refractivity contribution in [2.75, 3.05) is 0 Å². The van der Waals surface area contributed by atoms with Gasteiger partial charge in [-0.15, -0.1) is 0 Å². The van der Waals surface area contributed by atoms with Gasteiger partial charge in [-0.05, 0) is 26.1 Å². The van der Waals surface area contributed by atoms with Gasteiger partial charge in [0.2, 0.25) is 0 Å². The minimum atomic E-state index is -1.49. The topological polar surface area (TPSA) is 26.3 Å². The van der Waals surface area contributed by atoms with Crippen molar-refractivity contribution in [3.05, 3.63) is 0 Å². The van der Waals surface area contributed by atoms with Crippen LogP contribution >= 0.6 is 0 Å². The molecule has 1 atom stereocenters. The van der Waals surface area contributed by atoms with Crippen molar-refractivity contribution >= 4 is 14.6 Å². The highest BCUT2D eigenvalue weighted by Crippen LogP contribution is 2.07. The number of carbonyl (C=O) groups is 1. The molecule has 0 aliphatic carbocycles. The summed E-state index contributed by atoms with van der Waals surface area (Å²) in [7, 11) is -1.49. The molecule has 0 spiro atoms. The fraction of sp³-hybridized carbons (Fsp3) is 0.857. The van der Waals surface area contributed by atoms with Gasteiger partial charge in [0.25, 0.3) is 0 Å². The second-order valence-electron chi connectivity index (χ2n) is 3.31. The molecule has 0 rings (SSSR count). The molecule has 0 aromatic carbocycles. The van der Waals surface area contributed by atoms with E-state index in [-0.39, 0.29) is 6.10 Å². The first-order valence-corrected chi connectivity index (χ1v) is 7.03. The van der Waals surface area contributed by atoms with Gasteiger partial charge in [0.05, 0.1) is 0 Å². The third-order valence-corrected chi connectivity index (χ3v) is 2.07. The quantitative estimate of drug-likeness (QED) is 0.463. The molecule has 1 unspecified atom stereocenters. The fourth-order valence-electron chi connectivity index (χ4n) is 0.661. The Morgan fingerprint density at radius 3 is 2.10 bits per heavy atom. The van der Waals surface area contributed by atoms with Crippen molar-refractivity contribution in [3.8, 4) is 0 Å². The predicted molar refractivity (Wildman–Crippen MR) is 44.6 cm³/mol. The van der Waals surface area contributed by atoms with Gasteiger partial charge in [0.1, 0.15) is 12.4 Å². The maximum absolute atomic E-state index is 10.3. The smallest absolute Gasteiger partial charge is 0.184 e. The molecule has 2 nitrogen and oxygen atoms in total. The summed E-state index contributed by atoms with van der Waals surface area (Å²) >= 11 is 0. The molecule has 0 saturated carbocycles. The van der Waals surface area contributed by atoms with Crippen LogP contribution in [0.5, 0.6) is 0 Å². The number of hydrogen-bond acceptors (Lipinski definition) is 2. The van der Waals surface area contributed by atoms with Crippen LogP contribution in [0.1, 0.15) is 13.3 Å². The van der Waals surface area contributed by atoms with Crippen LogP contribution < -0.4 is 0 Å². The maximum Gasteiger partial charge on any atom is 0.184 e. The van der Waals surface area contributed by atoms with E-state index in [0.717, 1.165) is 12.7 Å². The second kappa shape index (κ2) is 3.88. The first kappa shape index (κ1) is 9.85. The number of aldehydes is 1. The van der Waals surface area contributed by atoms with E-state index in [9.17, 15) is 4.79 Å². The van der Waals surface area contributed by atoms with Gasteiger partial charge in [0, 0.05) is 0 Å². The molecular weight excluding hydrogens is 144 g/mol. The van der Waals surface area contributed by atoms with E-state index in [4.69, 9.17) is 4.43 Å². The number of rotatable bonds is 4. The van der Waals surface area contributed by atoms with Crippen molar-refractivity contribution in [2.45, 2.75) is 39.1 Å². The molecule has 10 heavy (non-hydrogen) atoms. The summed E-state index contributed by atoms with van der Waals surface area (Å²) in [6.07, 6.45) is 1.50. The molecular formula is C7H16O2Si. The Morgan fingerprint density at radius 1 is 1.50 bits per heavy atom. The van der Waals surface area contributed by atoms with Crippen LogP contribution in [0.25, 0.3) is 0 Å². The lowest BCUT2D eigenvalue weighted by Crippen LogP contribution is -2.32. The molecule has 0 saturated heterocycles. The first-order valence-electron chi connectivity index (χ1n) is 3.62. The summed E-state index contributed by atoms with van der Waals surface area (Å²) in [5.74, 6) is 0. The Morgan fingerprint density at radius 2 is 2.00 bits per heavy atom. The summed E-state index contributed by atoms with van der Waals surface area (Å²) in [6.45, 7) is 8.21. The van der Waals surface area contributed by atoms with Crippen molar-refractivity contribution in [1.82, 2.24) is 0 Å². The zero-order valence-corrected chi connectivity index (χ0v) is 8.18. The molecule has 0 radical (unpaired) electrons. The van der Waals surface area contributed by atoms with Gasteiger partial charge in [0.15, 0.2) is 8.32 Å². The van der Waals surface area contributed by atoms with E-state index in [2.05, 4.69) is 19.6 Å². The Bertz CT molecular complexity index is 107. The molecule has 0 aliphatic rings. The van der Waals surface area contributed by atoms with Crippen LogP contribution in [-0.4, -0.2) is 20.7 Å². The molecule has 0 N–H and O–H groups in total. The zero-order chi connectivity index (χ0) is 8.20. The SMILES string of the molecule is CCC(C=O)O[Si](C)(C)C. The summed E-state index contributed by atoms with van der Waals surface area (Å²) in [5.41, 5.74) is 0. The van der Waals surface area contributed by atoms with Gasteiger partial charge in [-0.2, -0.15) is 0 Å². The monoisotopic (exact) mass is 160 g/mol. The fourth-order valence-corrected chi connectivity index (χ4v) is 1.79. The van der Waals surface area contributed by atoms with Crippen LogP contribution in [0, 0.1) is 0 Å². The lowest BCUT2D eigenvalue weighted by atomic mass is 10.3. The lowest BCUT2D eigenvalue weighted by molar-refractivity contribution is -0.114. The molecule has 0 aliphatic heterocycles. The normalized spacial score (nSPS) is 14.8. The molecule has 60 valence electrons. The summed E-state index contributed by atoms with van der Waals surface area (Å²) in [6, 6.07) is 0. The molecule has 0 bridgehead atoms. The molecule has 0 fully saturated rings. The molecule has 0 amide bonds. The third-order valence-electron chi connectivity index (χ3n) is 1.06. The molecule has 3 heteroatoms. The molecule has 0 heterocycles. The second-order valence-corrected chi connectivity index (χ2v) is 7.77. The van der Waals surface area contributed by atoms with Crippen molar-refractivity contribution < 1.29 is 9.22 Å². The van der Waals surface area contributed by atoms with E-state index in [1.54, 1.807) is 0 Å². The van der Waals surface area contributed by atoms with Crippen molar-refractivity contribution in [1.29, 1.82) is 0 Å². The highest BCUT2D eigenvalue weighted by molar-refractivity contribution is 6.69. The van der Waals surface area contributed by atoms with E-state index in [1.165, 1.54) is 0 Å². The van der Waals surface area contributed by atoms with E-state index >= 15 is 0 Å². The average Bonchev–Trinajstić information content (AvgIpc) is 1.81. The largest absolute Gasteiger partial charge is 0.408 e. The highest BCUT2D eigenvalue weighted by Gasteiger charge is 2.18. The van der Waals surface area contributed by atoms with Crippen LogP contribution in [0.2, 0.25) is 19.6 Å². The van der Waals surface area contributed by atoms with E-state index in [0.29, 0.717) is 0 Å². The van der Waals surface area contributed by atoms with E-state index < -0.39 is 8.32 Å². The van der Waals surface area contributed by atoms with Crippen LogP contribution in [0.15, 0.2) is 0 Å². The minimum absolute atomic E-state index is 0.174. The molecule has 0 aromatic rings. The third kappa shape index (κ3) is 4.70. The van der Waals surface area contributed by atoms with Crippen LogP contribution in [0.3, 0.4) is 0 Å². The van der Waals surface area contributed by atoms with Crippen molar-refractivity contribution in [2.24, 2.45) is 0 Å². The van der Waals surface area contributed by atoms with Crippen LogP contribution in [0.4, 0.5) is 0 Å². The van der Waals surface area contributed by atoms with Gasteiger partial charge in [-0.25, -0.2) is 0 Å². The lowest BCUT2D eigenvalue weighted by Gasteiger charge is -2.21. The van der Waals surface area contributed by atoms with Gasteiger partial charge >= 0.3 is 0 Å². The Balaban J connectivity index is 3.74. The average molecular weight is 160 g/mol. The maximum atomic E-state index is 10.3. The van der Waals surface area contributed by atoms with Gasteiger partial charge in [-0.1, -0.05) is 6.92 Å². The Kier molecular flexibility index (Phi) is 3.82. The zero-order valence-electron chi connectivity index (χ0n) is 7.18. The standard InChI is InChI=1S/C7H16O2Si/c1-5-7(6-8)9-10(2,3)4/h6-7H,5H2,1-4H3. The number of carbonyl (C=O) groups excluding carboxylic acids is 1. The Labute approximate surface area is 63.7 Å². The summed E-state index contributed by atoms with van der Waals surface area (Å²) in [5, 5.41) is 0. The van der Waals surface area contributed by atoms with Gasteiger partial charge < -0.3 is 9.22 Å². The Hall–Kier alpha value is -0.153. The highest BCUT2D eigenvalue weighted by atomic mass is 28.4. The van der Waals surface area contributed by atoms with Gasteiger partial charge in [-0.3, -0.25) is 0 Å². The predicted octanol–water partition coefficient (Wildman–Crippen LogP) is 1.82. The summed E-state index contributed by atoms with van der Waals surface area (Å²) < 4.78 is 5.51. The minimum Gasteiger partial charge on any atom is -0.408 e. The number of hydrogen-bond donors (Lipinski definition) is 0. The summed E-state index contributed by atoms with van der Waals surface area (Å²) in [4.78, 5) is 10.3. The van der Waals surface area contributed by atoms with Crippen molar-refractivity contribution in [3.63, 3.8) is 0 Å². The first-order chi connectivity index (χ1) is 4.49. The molecule has 0 aromatic heterocycles. The van der Waals surface area contributed by atoms with Crippen LogP contribution in [-0.2, 0) is 9.22 Å². The van der Waals surface area contributed by atoms with E-state index in [1.807, 2.05) is 6.92 Å².